The monoisotopic (exact) mass is 371 g/mol. The van der Waals surface area contributed by atoms with E-state index in [-0.39, 0.29) is 18.4 Å². The lowest BCUT2D eigenvalue weighted by Crippen LogP contribution is -2.36. The van der Waals surface area contributed by atoms with Crippen LogP contribution in [0.3, 0.4) is 0 Å². The van der Waals surface area contributed by atoms with Gasteiger partial charge in [-0.1, -0.05) is 6.07 Å². The van der Waals surface area contributed by atoms with Gasteiger partial charge in [0.2, 0.25) is 0 Å². The minimum atomic E-state index is -0.0322. The number of carbonyl (C=O) groups is 1. The van der Waals surface area contributed by atoms with Crippen molar-refractivity contribution in [3.05, 3.63) is 36.3 Å². The molecule has 2 saturated heterocycles. The molecule has 2 aromatic rings. The van der Waals surface area contributed by atoms with Crippen LogP contribution >= 0.6 is 0 Å². The van der Waals surface area contributed by atoms with Gasteiger partial charge in [0, 0.05) is 57.6 Å². The van der Waals surface area contributed by atoms with Gasteiger partial charge < -0.3 is 24.2 Å². The molecule has 2 aromatic heterocycles. The Morgan fingerprint density at radius 3 is 2.85 bits per heavy atom. The third-order valence-electron chi connectivity index (χ3n) is 5.99. The first-order valence-electron chi connectivity index (χ1n) is 9.89. The summed E-state index contributed by atoms with van der Waals surface area (Å²) in [6.07, 6.45) is 4.87. The first-order valence-corrected chi connectivity index (χ1v) is 9.89. The van der Waals surface area contributed by atoms with E-state index in [9.17, 15) is 9.90 Å². The van der Waals surface area contributed by atoms with Crippen LogP contribution in [0.1, 0.15) is 16.9 Å². The summed E-state index contributed by atoms with van der Waals surface area (Å²) in [5, 5.41) is 9.86. The Labute approximate surface area is 160 Å². The average Bonchev–Trinajstić information content (AvgIpc) is 3.23. The summed E-state index contributed by atoms with van der Waals surface area (Å²) in [5.74, 6) is 0.432. The lowest BCUT2D eigenvalue weighted by molar-refractivity contribution is 0.0774. The molecule has 2 aliphatic rings. The first-order chi connectivity index (χ1) is 13.1. The third-order valence-corrected chi connectivity index (χ3v) is 5.99. The first kappa shape index (κ1) is 18.4. The summed E-state index contributed by atoms with van der Waals surface area (Å²) >= 11 is 0. The van der Waals surface area contributed by atoms with Gasteiger partial charge in [0.25, 0.3) is 5.91 Å². The fourth-order valence-corrected chi connectivity index (χ4v) is 4.33. The number of likely N-dealkylation sites (N-methyl/N-ethyl adjacent to an activating group) is 1. The molecule has 7 nitrogen and oxygen atoms in total. The number of nitrogens with zero attached hydrogens (tertiary/aromatic N) is 5. The second-order valence-electron chi connectivity index (χ2n) is 7.96. The molecule has 0 saturated carbocycles. The molecule has 2 fully saturated rings. The Balaban J connectivity index is 1.43. The van der Waals surface area contributed by atoms with E-state index in [0.29, 0.717) is 24.7 Å². The largest absolute Gasteiger partial charge is 0.396 e. The van der Waals surface area contributed by atoms with Crippen molar-refractivity contribution in [3.8, 4) is 0 Å². The van der Waals surface area contributed by atoms with Crippen molar-refractivity contribution in [2.45, 2.75) is 6.42 Å². The molecule has 2 aliphatic heterocycles. The van der Waals surface area contributed by atoms with E-state index in [4.69, 9.17) is 0 Å². The second-order valence-corrected chi connectivity index (χ2v) is 7.96. The lowest BCUT2D eigenvalue weighted by atomic mass is 9.96. The summed E-state index contributed by atoms with van der Waals surface area (Å²) in [7, 11) is 2.17. The van der Waals surface area contributed by atoms with E-state index < -0.39 is 0 Å². The maximum atomic E-state index is 13.0. The minimum absolute atomic E-state index is 0.0322. The molecule has 1 amide bonds. The summed E-state index contributed by atoms with van der Waals surface area (Å²) < 4.78 is 1.87. The molecule has 27 heavy (non-hydrogen) atoms. The zero-order valence-corrected chi connectivity index (χ0v) is 16.0. The highest BCUT2D eigenvalue weighted by atomic mass is 16.3. The molecule has 0 aliphatic carbocycles. The molecule has 2 atom stereocenters. The minimum Gasteiger partial charge on any atom is -0.396 e. The van der Waals surface area contributed by atoms with Gasteiger partial charge >= 0.3 is 0 Å². The van der Waals surface area contributed by atoms with Crippen molar-refractivity contribution in [2.24, 2.45) is 11.8 Å². The van der Waals surface area contributed by atoms with Gasteiger partial charge in [-0.15, -0.1) is 0 Å². The van der Waals surface area contributed by atoms with Crippen LogP contribution in [-0.4, -0.2) is 94.6 Å². The normalized spacial score (nSPS) is 25.2. The molecule has 0 spiro atoms. The van der Waals surface area contributed by atoms with Gasteiger partial charge in [-0.3, -0.25) is 4.79 Å². The predicted octanol–water partition coefficient (Wildman–Crippen LogP) is 0.652. The number of imidazole rings is 1. The summed E-state index contributed by atoms with van der Waals surface area (Å²) in [5.41, 5.74) is 1.26. The Hall–Kier alpha value is -1.96. The maximum absolute atomic E-state index is 13.0. The molecule has 0 aromatic carbocycles. The summed E-state index contributed by atoms with van der Waals surface area (Å²) in [4.78, 5) is 24.2. The van der Waals surface area contributed by atoms with Crippen molar-refractivity contribution < 1.29 is 9.90 Å². The van der Waals surface area contributed by atoms with E-state index in [2.05, 4.69) is 21.8 Å². The Kier molecular flexibility index (Phi) is 5.43. The number of hydrogen-bond acceptors (Lipinski definition) is 5. The number of likely N-dealkylation sites (tertiary alicyclic amines) is 1. The average molecular weight is 371 g/mol. The quantitative estimate of drug-likeness (QED) is 0.855. The van der Waals surface area contributed by atoms with Crippen LogP contribution in [0.15, 0.2) is 30.6 Å². The SMILES string of the molecule is CN1CCCN(C[C@@H]2CN(C(=O)c3cn4ccccc4n3)C[C@@H]2CO)CC1. The standard InChI is InChI=1S/C20H29N5O2/c1-22-6-4-7-23(10-9-22)11-16-12-25(13-17(16)15-26)20(27)18-14-24-8-3-2-5-19(24)21-18/h2-3,5,8,14,16-17,26H,4,6-7,9-13,15H2,1H3/t16-,17-/m1/s1. The van der Waals surface area contributed by atoms with Crippen LogP contribution in [0.25, 0.3) is 5.65 Å². The van der Waals surface area contributed by atoms with Gasteiger partial charge in [0.05, 0.1) is 0 Å². The van der Waals surface area contributed by atoms with Crippen molar-refractivity contribution in [1.82, 2.24) is 24.1 Å². The van der Waals surface area contributed by atoms with Crippen LogP contribution in [-0.2, 0) is 0 Å². The van der Waals surface area contributed by atoms with E-state index in [1.165, 1.54) is 6.42 Å². The highest BCUT2D eigenvalue weighted by Gasteiger charge is 2.36. The number of hydrogen-bond donors (Lipinski definition) is 1. The maximum Gasteiger partial charge on any atom is 0.274 e. The van der Waals surface area contributed by atoms with E-state index in [1.54, 1.807) is 6.20 Å². The molecule has 4 heterocycles. The zero-order chi connectivity index (χ0) is 18.8. The van der Waals surface area contributed by atoms with E-state index >= 15 is 0 Å². The molecule has 0 bridgehead atoms. The van der Waals surface area contributed by atoms with E-state index in [0.717, 1.165) is 38.4 Å². The van der Waals surface area contributed by atoms with Gasteiger partial charge in [0.1, 0.15) is 11.3 Å². The second kappa shape index (κ2) is 7.96. The fourth-order valence-electron chi connectivity index (χ4n) is 4.33. The van der Waals surface area contributed by atoms with Crippen LogP contribution in [0.5, 0.6) is 0 Å². The Morgan fingerprint density at radius 2 is 2.04 bits per heavy atom. The molecule has 0 unspecified atom stereocenters. The molecule has 146 valence electrons. The van der Waals surface area contributed by atoms with Crippen molar-refractivity contribution >= 4 is 11.6 Å². The zero-order valence-electron chi connectivity index (χ0n) is 16.0. The topological polar surface area (TPSA) is 64.3 Å². The van der Waals surface area contributed by atoms with Crippen LogP contribution < -0.4 is 0 Å². The van der Waals surface area contributed by atoms with Crippen LogP contribution in [0.4, 0.5) is 0 Å². The molecule has 7 heteroatoms. The van der Waals surface area contributed by atoms with E-state index in [1.807, 2.05) is 33.7 Å². The third kappa shape index (κ3) is 4.00. The summed E-state index contributed by atoms with van der Waals surface area (Å²) in [6.45, 7) is 6.78. The molecular weight excluding hydrogens is 342 g/mol. The lowest BCUT2D eigenvalue weighted by Gasteiger charge is -2.26. The predicted molar refractivity (Wildman–Crippen MR) is 104 cm³/mol. The highest BCUT2D eigenvalue weighted by Crippen LogP contribution is 2.26. The smallest absolute Gasteiger partial charge is 0.274 e. The molecule has 1 N–H and O–H groups in total. The Bertz CT molecular complexity index is 759. The Morgan fingerprint density at radius 1 is 1.19 bits per heavy atom. The van der Waals surface area contributed by atoms with Gasteiger partial charge in [-0.05, 0) is 44.6 Å². The fraction of sp³-hybridized carbons (Fsp3) is 0.600. The number of pyridine rings is 1. The number of aliphatic hydroxyl groups is 1. The van der Waals surface area contributed by atoms with Crippen LogP contribution in [0.2, 0.25) is 0 Å². The van der Waals surface area contributed by atoms with Gasteiger partial charge in [0.15, 0.2) is 0 Å². The van der Waals surface area contributed by atoms with Crippen molar-refractivity contribution in [3.63, 3.8) is 0 Å². The number of amides is 1. The number of rotatable bonds is 4. The molecular formula is C20H29N5O2. The number of fused-ring (bicyclic) bond motifs is 1. The molecule has 4 rings (SSSR count). The van der Waals surface area contributed by atoms with Crippen molar-refractivity contribution in [2.75, 3.05) is 59.5 Å². The number of carbonyl (C=O) groups excluding carboxylic acids is 1. The van der Waals surface area contributed by atoms with Gasteiger partial charge in [-0.2, -0.15) is 0 Å². The molecule has 0 radical (unpaired) electrons. The number of aromatic nitrogens is 2. The van der Waals surface area contributed by atoms with Crippen molar-refractivity contribution in [1.29, 1.82) is 0 Å². The summed E-state index contributed by atoms with van der Waals surface area (Å²) in [6, 6.07) is 5.74. The number of aliphatic hydroxyl groups excluding tert-OH is 1. The van der Waals surface area contributed by atoms with Gasteiger partial charge in [-0.25, -0.2) is 4.98 Å². The van der Waals surface area contributed by atoms with Crippen LogP contribution in [0, 0.1) is 11.8 Å². The highest BCUT2D eigenvalue weighted by molar-refractivity contribution is 5.93.